The van der Waals surface area contributed by atoms with Crippen molar-refractivity contribution in [3.8, 4) is 0 Å². The van der Waals surface area contributed by atoms with E-state index in [0.29, 0.717) is 19.3 Å². The number of hydrogen-bond acceptors (Lipinski definition) is 6. The molecular weight excluding hydrogens is 1010 g/mol. The lowest BCUT2D eigenvalue weighted by Gasteiger charge is -2.18. The Morgan fingerprint density at radius 3 is 0.610 bits per heavy atom. The molecule has 0 aliphatic heterocycles. The lowest BCUT2D eigenvalue weighted by Crippen LogP contribution is -2.30. The zero-order chi connectivity index (χ0) is 59.2. The first-order valence-electron chi connectivity index (χ1n) is 37.7. The number of hydrogen-bond donors (Lipinski definition) is 0. The van der Waals surface area contributed by atoms with Crippen molar-refractivity contribution in [2.75, 3.05) is 13.2 Å². The number of rotatable bonds is 71. The van der Waals surface area contributed by atoms with Crippen molar-refractivity contribution in [3.63, 3.8) is 0 Å². The quantitative estimate of drug-likeness (QED) is 0.0261. The molecule has 0 aromatic heterocycles. The van der Waals surface area contributed by atoms with Gasteiger partial charge in [0.2, 0.25) is 0 Å². The fourth-order valence-electron chi connectivity index (χ4n) is 11.9. The van der Waals surface area contributed by atoms with Crippen LogP contribution in [0, 0.1) is 0 Å². The van der Waals surface area contributed by atoms with Crippen LogP contribution in [-0.2, 0) is 28.6 Å². The molecule has 82 heavy (non-hydrogen) atoms. The monoisotopic (exact) mass is 1160 g/mol. The Morgan fingerprint density at radius 1 is 0.232 bits per heavy atom. The molecule has 486 valence electrons. The highest BCUT2D eigenvalue weighted by atomic mass is 16.6. The van der Waals surface area contributed by atoms with Gasteiger partial charge in [-0.1, -0.05) is 386 Å². The van der Waals surface area contributed by atoms with Crippen LogP contribution in [0.3, 0.4) is 0 Å². The fourth-order valence-corrected chi connectivity index (χ4v) is 11.9. The van der Waals surface area contributed by atoms with Crippen LogP contribution in [-0.4, -0.2) is 37.2 Å². The lowest BCUT2D eigenvalue weighted by molar-refractivity contribution is -0.167. The average molecular weight is 1160 g/mol. The average Bonchev–Trinajstić information content (AvgIpc) is 3.47. The molecule has 1 unspecified atom stereocenters. The van der Waals surface area contributed by atoms with E-state index in [2.05, 4.69) is 32.9 Å². The summed E-state index contributed by atoms with van der Waals surface area (Å²) in [6, 6.07) is 0. The van der Waals surface area contributed by atoms with Gasteiger partial charge in [-0.15, -0.1) is 0 Å². The Balaban J connectivity index is 4.13. The minimum Gasteiger partial charge on any atom is -0.462 e. The van der Waals surface area contributed by atoms with Gasteiger partial charge in [0, 0.05) is 19.3 Å². The van der Waals surface area contributed by atoms with Gasteiger partial charge in [-0.25, -0.2) is 0 Å². The van der Waals surface area contributed by atoms with Crippen molar-refractivity contribution in [1.82, 2.24) is 0 Å². The molecule has 0 fully saturated rings. The second-order valence-corrected chi connectivity index (χ2v) is 25.9. The minimum atomic E-state index is -0.767. The van der Waals surface area contributed by atoms with Crippen molar-refractivity contribution in [1.29, 1.82) is 0 Å². The molecule has 0 N–H and O–H groups in total. The normalized spacial score (nSPS) is 12.0. The fraction of sp³-hybridized carbons (Fsp3) is 0.934. The highest BCUT2D eigenvalue weighted by molar-refractivity contribution is 5.71. The van der Waals surface area contributed by atoms with Crippen LogP contribution < -0.4 is 0 Å². The molecule has 0 rings (SSSR count). The predicted octanol–water partition coefficient (Wildman–Crippen LogP) is 26.0. The van der Waals surface area contributed by atoms with Crippen LogP contribution in [0.4, 0.5) is 0 Å². The van der Waals surface area contributed by atoms with Crippen LogP contribution in [0.25, 0.3) is 0 Å². The molecule has 0 aromatic rings. The van der Waals surface area contributed by atoms with Gasteiger partial charge in [0.1, 0.15) is 13.2 Å². The Morgan fingerprint density at radius 2 is 0.402 bits per heavy atom. The van der Waals surface area contributed by atoms with Crippen LogP contribution >= 0.6 is 0 Å². The molecule has 0 saturated heterocycles. The van der Waals surface area contributed by atoms with Gasteiger partial charge in [-0.05, 0) is 44.9 Å². The van der Waals surface area contributed by atoms with Gasteiger partial charge >= 0.3 is 17.9 Å². The zero-order valence-corrected chi connectivity index (χ0v) is 56.1. The maximum atomic E-state index is 13.0. The van der Waals surface area contributed by atoms with E-state index in [0.717, 1.165) is 57.8 Å². The van der Waals surface area contributed by atoms with Gasteiger partial charge in [-0.2, -0.15) is 0 Å². The Kier molecular flexibility index (Phi) is 70.0. The first-order chi connectivity index (χ1) is 40.5. The maximum Gasteiger partial charge on any atom is 0.306 e. The summed E-state index contributed by atoms with van der Waals surface area (Å²) in [5.41, 5.74) is 0. The van der Waals surface area contributed by atoms with E-state index in [4.69, 9.17) is 14.2 Å². The number of ether oxygens (including phenoxy) is 3. The highest BCUT2D eigenvalue weighted by Gasteiger charge is 2.20. The molecule has 0 aliphatic carbocycles. The lowest BCUT2D eigenvalue weighted by atomic mass is 10.0. The summed E-state index contributed by atoms with van der Waals surface area (Å²) in [5, 5.41) is 0. The highest BCUT2D eigenvalue weighted by Crippen LogP contribution is 2.20. The standard InChI is InChI=1S/C76H146O6/c1-4-7-10-13-16-19-22-25-27-29-31-33-35-36-37-38-39-40-42-43-45-47-49-51-54-57-60-63-66-69-75(78)81-72-73(71-80-74(77)68-65-62-59-56-53-24-21-18-15-12-9-6-3)82-76(79)70-67-64-61-58-55-52-50-48-46-44-41-34-32-30-28-26-23-20-17-14-11-8-5-2/h30,32,73H,4-29,31,33-72H2,1-3H3/b32-30-. The van der Waals surface area contributed by atoms with E-state index >= 15 is 0 Å². The molecule has 0 amide bonds. The Hall–Kier alpha value is -1.85. The van der Waals surface area contributed by atoms with Crippen molar-refractivity contribution in [3.05, 3.63) is 12.2 Å². The second-order valence-electron chi connectivity index (χ2n) is 25.9. The molecule has 1 atom stereocenters. The van der Waals surface area contributed by atoms with E-state index < -0.39 is 6.10 Å². The number of carbonyl (C=O) groups excluding carboxylic acids is 3. The van der Waals surface area contributed by atoms with E-state index in [1.54, 1.807) is 0 Å². The van der Waals surface area contributed by atoms with Crippen LogP contribution in [0.1, 0.15) is 438 Å². The van der Waals surface area contributed by atoms with Gasteiger partial charge in [0.15, 0.2) is 6.10 Å². The van der Waals surface area contributed by atoms with E-state index in [-0.39, 0.29) is 31.1 Å². The summed E-state index contributed by atoms with van der Waals surface area (Å²) in [7, 11) is 0. The summed E-state index contributed by atoms with van der Waals surface area (Å²) in [5.74, 6) is -0.827. The van der Waals surface area contributed by atoms with Crippen LogP contribution in [0.5, 0.6) is 0 Å². The molecule has 0 bridgehead atoms. The topological polar surface area (TPSA) is 78.9 Å². The van der Waals surface area contributed by atoms with E-state index in [1.807, 2.05) is 0 Å². The predicted molar refractivity (Wildman–Crippen MR) is 358 cm³/mol. The Bertz CT molecular complexity index is 1280. The third kappa shape index (κ3) is 68.9. The van der Waals surface area contributed by atoms with Crippen LogP contribution in [0.15, 0.2) is 12.2 Å². The molecule has 0 heterocycles. The van der Waals surface area contributed by atoms with Crippen molar-refractivity contribution in [2.45, 2.75) is 444 Å². The summed E-state index contributed by atoms with van der Waals surface area (Å²) in [6.07, 6.45) is 87.0. The second kappa shape index (κ2) is 71.6. The van der Waals surface area contributed by atoms with Crippen molar-refractivity contribution >= 4 is 17.9 Å². The zero-order valence-electron chi connectivity index (χ0n) is 56.1. The first kappa shape index (κ1) is 80.2. The van der Waals surface area contributed by atoms with Crippen LogP contribution in [0.2, 0.25) is 0 Å². The number of unbranched alkanes of at least 4 members (excludes halogenated alkanes) is 58. The van der Waals surface area contributed by atoms with E-state index in [1.165, 1.54) is 340 Å². The molecule has 0 radical (unpaired) electrons. The van der Waals surface area contributed by atoms with Gasteiger partial charge in [0.25, 0.3) is 0 Å². The number of allylic oxidation sites excluding steroid dienone is 2. The summed E-state index contributed by atoms with van der Waals surface area (Å²) >= 11 is 0. The molecule has 0 aliphatic rings. The third-order valence-electron chi connectivity index (χ3n) is 17.5. The van der Waals surface area contributed by atoms with Crippen molar-refractivity contribution in [2.24, 2.45) is 0 Å². The smallest absolute Gasteiger partial charge is 0.306 e. The molecule has 0 saturated carbocycles. The van der Waals surface area contributed by atoms with Gasteiger partial charge < -0.3 is 14.2 Å². The third-order valence-corrected chi connectivity index (χ3v) is 17.5. The maximum absolute atomic E-state index is 13.0. The van der Waals surface area contributed by atoms with Gasteiger partial charge in [-0.3, -0.25) is 14.4 Å². The number of carbonyl (C=O) groups is 3. The van der Waals surface area contributed by atoms with Crippen molar-refractivity contribution < 1.29 is 28.6 Å². The summed E-state index contributed by atoms with van der Waals surface area (Å²) < 4.78 is 17.0. The Labute approximate surface area is 513 Å². The van der Waals surface area contributed by atoms with Gasteiger partial charge in [0.05, 0.1) is 0 Å². The first-order valence-corrected chi connectivity index (χ1v) is 37.7. The summed E-state index contributed by atoms with van der Waals surface area (Å²) in [4.78, 5) is 38.4. The molecule has 6 nitrogen and oxygen atoms in total. The molecule has 0 aromatic carbocycles. The minimum absolute atomic E-state index is 0.0630. The van der Waals surface area contributed by atoms with E-state index in [9.17, 15) is 14.4 Å². The largest absolute Gasteiger partial charge is 0.462 e. The molecule has 6 heteroatoms. The molecular formula is C76H146O6. The SMILES string of the molecule is CCCCCCCCCC/C=C\CCCCCCCCCCCCCC(=O)OC(COC(=O)CCCCCCCCCCCCCC)COC(=O)CCCCCCCCCCCCCCCCCCCCCCCCCCCCCCC. The summed E-state index contributed by atoms with van der Waals surface area (Å²) in [6.45, 7) is 6.73. The molecule has 0 spiro atoms. The number of esters is 3.